The van der Waals surface area contributed by atoms with E-state index in [1.165, 1.54) is 0 Å². The average Bonchev–Trinajstić information content (AvgIpc) is 2.79. The zero-order valence-electron chi connectivity index (χ0n) is 11.0. The second-order valence-corrected chi connectivity index (χ2v) is 5.52. The van der Waals surface area contributed by atoms with Crippen LogP contribution in [0.2, 0.25) is 0 Å². The molecule has 0 saturated carbocycles. The van der Waals surface area contributed by atoms with Crippen LogP contribution in [0.5, 0.6) is 0 Å². The third kappa shape index (κ3) is 3.07. The molecule has 4 heteroatoms. The van der Waals surface area contributed by atoms with Crippen molar-refractivity contribution in [1.82, 2.24) is 9.88 Å². The molecule has 0 radical (unpaired) electrons. The van der Waals surface area contributed by atoms with Gasteiger partial charge in [0.25, 0.3) is 0 Å². The predicted octanol–water partition coefficient (Wildman–Crippen LogP) is 1.24. The van der Waals surface area contributed by atoms with Gasteiger partial charge in [-0.15, -0.1) is 0 Å². The lowest BCUT2D eigenvalue weighted by atomic mass is 9.90. The summed E-state index contributed by atoms with van der Waals surface area (Å²) in [5, 5.41) is 9.96. The quantitative estimate of drug-likeness (QED) is 0.875. The van der Waals surface area contributed by atoms with Crippen LogP contribution in [0.25, 0.3) is 0 Å². The van der Waals surface area contributed by atoms with Crippen LogP contribution in [0.1, 0.15) is 25.8 Å². The number of hydrogen-bond donors (Lipinski definition) is 1. The van der Waals surface area contributed by atoms with Gasteiger partial charge in [-0.25, -0.2) is 0 Å². The average molecular weight is 248 g/mol. The molecule has 1 aromatic rings. The first kappa shape index (κ1) is 13.0. The molecule has 98 valence electrons. The van der Waals surface area contributed by atoms with Crippen LogP contribution < -0.4 is 0 Å². The molecule has 0 aromatic carbocycles. The summed E-state index contributed by atoms with van der Waals surface area (Å²) in [4.78, 5) is 18.0. The van der Waals surface area contributed by atoms with Gasteiger partial charge in [-0.3, -0.25) is 9.78 Å². The molecule has 1 aromatic heterocycles. The molecule has 2 heterocycles. The highest BCUT2D eigenvalue weighted by molar-refractivity contribution is 5.78. The van der Waals surface area contributed by atoms with E-state index in [1.807, 2.05) is 30.9 Å². The van der Waals surface area contributed by atoms with Crippen LogP contribution in [0.4, 0.5) is 0 Å². The smallest absolute Gasteiger partial charge is 0.227 e. The number of hydrogen-bond acceptors (Lipinski definition) is 3. The predicted molar refractivity (Wildman–Crippen MR) is 68.9 cm³/mol. The van der Waals surface area contributed by atoms with E-state index in [9.17, 15) is 9.90 Å². The van der Waals surface area contributed by atoms with Crippen LogP contribution in [0, 0.1) is 5.92 Å². The fourth-order valence-electron chi connectivity index (χ4n) is 2.35. The number of carbonyl (C=O) groups excluding carboxylic acids is 1. The summed E-state index contributed by atoms with van der Waals surface area (Å²) in [6.07, 6.45) is 4.70. The zero-order valence-corrected chi connectivity index (χ0v) is 11.0. The summed E-state index contributed by atoms with van der Waals surface area (Å²) in [5.41, 5.74) is 0.234. The second-order valence-electron chi connectivity index (χ2n) is 5.52. The number of likely N-dealkylation sites (tertiary alicyclic amines) is 1. The molecular weight excluding hydrogens is 228 g/mol. The summed E-state index contributed by atoms with van der Waals surface area (Å²) in [6.45, 7) is 5.02. The molecule has 1 aliphatic heterocycles. The van der Waals surface area contributed by atoms with E-state index < -0.39 is 5.60 Å². The number of nitrogens with zero attached hydrogens (tertiary/aromatic N) is 2. The Hall–Kier alpha value is -1.42. The third-order valence-electron chi connectivity index (χ3n) is 3.62. The van der Waals surface area contributed by atoms with Crippen molar-refractivity contribution >= 4 is 5.91 Å². The number of pyridine rings is 1. The van der Waals surface area contributed by atoms with Gasteiger partial charge in [-0.2, -0.15) is 0 Å². The normalized spacial score (nSPS) is 20.2. The number of aromatic nitrogens is 1. The van der Waals surface area contributed by atoms with Crippen LogP contribution in [0.3, 0.4) is 0 Å². The van der Waals surface area contributed by atoms with Crippen molar-refractivity contribution in [2.24, 2.45) is 5.92 Å². The van der Waals surface area contributed by atoms with Crippen molar-refractivity contribution in [2.75, 3.05) is 13.1 Å². The van der Waals surface area contributed by atoms with Gasteiger partial charge in [-0.05, 0) is 31.9 Å². The first-order valence-electron chi connectivity index (χ1n) is 6.36. The van der Waals surface area contributed by atoms with E-state index >= 15 is 0 Å². The first-order valence-corrected chi connectivity index (χ1v) is 6.36. The number of rotatable bonds is 3. The Labute approximate surface area is 108 Å². The molecule has 1 N–H and O–H groups in total. The van der Waals surface area contributed by atoms with E-state index in [1.54, 1.807) is 12.4 Å². The Balaban J connectivity index is 1.92. The molecule has 1 saturated heterocycles. The minimum absolute atomic E-state index is 0.120. The molecule has 4 nitrogen and oxygen atoms in total. The lowest BCUT2D eigenvalue weighted by Gasteiger charge is -2.25. The molecule has 0 spiro atoms. The highest BCUT2D eigenvalue weighted by Crippen LogP contribution is 2.27. The van der Waals surface area contributed by atoms with Gasteiger partial charge in [0.2, 0.25) is 5.91 Å². The van der Waals surface area contributed by atoms with Gasteiger partial charge in [0.15, 0.2) is 0 Å². The number of aliphatic hydroxyl groups is 1. The second kappa shape index (κ2) is 5.06. The minimum atomic E-state index is -0.705. The Kier molecular flexibility index (Phi) is 3.66. The summed E-state index contributed by atoms with van der Waals surface area (Å²) in [5.74, 6) is 0.296. The lowest BCUT2D eigenvalue weighted by molar-refractivity contribution is -0.129. The summed E-state index contributed by atoms with van der Waals surface area (Å²) in [7, 11) is 0. The fourth-order valence-corrected chi connectivity index (χ4v) is 2.35. The van der Waals surface area contributed by atoms with Gasteiger partial charge in [0.05, 0.1) is 12.0 Å². The highest BCUT2D eigenvalue weighted by atomic mass is 16.3. The zero-order chi connectivity index (χ0) is 13.2. The molecular formula is C14H20N2O2. The van der Waals surface area contributed by atoms with E-state index in [0.717, 1.165) is 18.5 Å². The van der Waals surface area contributed by atoms with Gasteiger partial charge >= 0.3 is 0 Å². The van der Waals surface area contributed by atoms with Crippen LogP contribution in [-0.2, 0) is 11.2 Å². The molecule has 0 bridgehead atoms. The van der Waals surface area contributed by atoms with E-state index in [4.69, 9.17) is 0 Å². The Bertz CT molecular complexity index is 412. The summed E-state index contributed by atoms with van der Waals surface area (Å²) < 4.78 is 0. The first-order chi connectivity index (χ1) is 8.47. The summed E-state index contributed by atoms with van der Waals surface area (Å²) in [6, 6.07) is 3.75. The maximum atomic E-state index is 12.1. The molecule has 1 fully saturated rings. The third-order valence-corrected chi connectivity index (χ3v) is 3.62. The molecule has 2 rings (SSSR count). The van der Waals surface area contributed by atoms with Crippen LogP contribution in [0.15, 0.2) is 24.5 Å². The van der Waals surface area contributed by atoms with Gasteiger partial charge in [0, 0.05) is 31.4 Å². The minimum Gasteiger partial charge on any atom is -0.390 e. The van der Waals surface area contributed by atoms with Crippen LogP contribution in [-0.4, -0.2) is 39.6 Å². The standard InChI is InChI=1S/C14H20N2O2/c1-14(2,18)12-5-7-16(10-12)13(17)8-11-4-3-6-15-9-11/h3-4,6,9,12,18H,5,7-8,10H2,1-2H3/t12-/m0/s1. The van der Waals surface area contributed by atoms with E-state index in [0.29, 0.717) is 13.0 Å². The van der Waals surface area contributed by atoms with Gasteiger partial charge < -0.3 is 10.0 Å². The monoisotopic (exact) mass is 248 g/mol. The maximum Gasteiger partial charge on any atom is 0.227 e. The van der Waals surface area contributed by atoms with Gasteiger partial charge in [0.1, 0.15) is 0 Å². The number of amides is 1. The van der Waals surface area contributed by atoms with Crippen LogP contribution >= 0.6 is 0 Å². The Morgan fingerprint density at radius 1 is 1.61 bits per heavy atom. The molecule has 1 amide bonds. The maximum absolute atomic E-state index is 12.1. The lowest BCUT2D eigenvalue weighted by Crippen LogP contribution is -2.36. The largest absolute Gasteiger partial charge is 0.390 e. The van der Waals surface area contributed by atoms with Crippen molar-refractivity contribution in [3.63, 3.8) is 0 Å². The Morgan fingerprint density at radius 3 is 2.94 bits per heavy atom. The molecule has 0 unspecified atom stereocenters. The van der Waals surface area contributed by atoms with Crippen molar-refractivity contribution in [1.29, 1.82) is 0 Å². The summed E-state index contributed by atoms with van der Waals surface area (Å²) >= 11 is 0. The van der Waals surface area contributed by atoms with E-state index in [2.05, 4.69) is 4.98 Å². The SMILES string of the molecule is CC(C)(O)[C@H]1CCN(C(=O)Cc2cccnc2)C1. The van der Waals surface area contributed by atoms with Gasteiger partial charge in [-0.1, -0.05) is 6.07 Å². The molecule has 1 aliphatic rings. The van der Waals surface area contributed by atoms with E-state index in [-0.39, 0.29) is 11.8 Å². The van der Waals surface area contributed by atoms with Crippen molar-refractivity contribution in [2.45, 2.75) is 32.3 Å². The van der Waals surface area contributed by atoms with Crippen molar-refractivity contribution < 1.29 is 9.90 Å². The topological polar surface area (TPSA) is 53.4 Å². The number of carbonyl (C=O) groups is 1. The highest BCUT2D eigenvalue weighted by Gasteiger charge is 2.35. The molecule has 18 heavy (non-hydrogen) atoms. The van der Waals surface area contributed by atoms with Crippen molar-refractivity contribution in [3.05, 3.63) is 30.1 Å². The van der Waals surface area contributed by atoms with Crippen molar-refractivity contribution in [3.8, 4) is 0 Å². The Morgan fingerprint density at radius 2 is 2.39 bits per heavy atom. The fraction of sp³-hybridized carbons (Fsp3) is 0.571. The molecule has 0 aliphatic carbocycles. The molecule has 1 atom stereocenters.